The highest BCUT2D eigenvalue weighted by molar-refractivity contribution is 6.07. The zero-order valence-electron chi connectivity index (χ0n) is 17.4. The highest BCUT2D eigenvalue weighted by atomic mass is 16.2. The average molecular weight is 399 g/mol. The number of amides is 2. The predicted octanol–water partition coefficient (Wildman–Crippen LogP) is 5.61. The van der Waals surface area contributed by atoms with E-state index in [1.54, 1.807) is 0 Å². The van der Waals surface area contributed by atoms with Gasteiger partial charge < -0.3 is 9.80 Å². The van der Waals surface area contributed by atoms with Gasteiger partial charge in [-0.2, -0.15) is 0 Å². The lowest BCUT2D eigenvalue weighted by Gasteiger charge is -2.43. The van der Waals surface area contributed by atoms with E-state index in [-0.39, 0.29) is 23.9 Å². The molecule has 4 nitrogen and oxygen atoms in total. The lowest BCUT2D eigenvalue weighted by Crippen LogP contribution is -2.47. The Labute approximate surface area is 177 Å². The Morgan fingerprint density at radius 2 is 1.50 bits per heavy atom. The van der Waals surface area contributed by atoms with Gasteiger partial charge in [-0.15, -0.1) is 0 Å². The predicted molar refractivity (Wildman–Crippen MR) is 121 cm³/mol. The third-order valence-electron chi connectivity index (χ3n) is 5.72. The number of rotatable bonds is 4. The van der Waals surface area contributed by atoms with Crippen LogP contribution in [-0.4, -0.2) is 17.9 Å². The smallest absolute Gasteiger partial charge is 0.258 e. The highest BCUT2D eigenvalue weighted by Gasteiger charge is 2.38. The number of carbonyl (C=O) groups is 2. The van der Waals surface area contributed by atoms with Crippen molar-refractivity contribution >= 4 is 23.2 Å². The van der Waals surface area contributed by atoms with Gasteiger partial charge in [0.1, 0.15) is 0 Å². The van der Waals surface area contributed by atoms with E-state index in [9.17, 15) is 9.59 Å². The van der Waals surface area contributed by atoms with Gasteiger partial charge in [-0.25, -0.2) is 0 Å². The Hall–Kier alpha value is -3.40. The van der Waals surface area contributed by atoms with Crippen LogP contribution in [0.1, 0.15) is 48.7 Å². The maximum Gasteiger partial charge on any atom is 0.258 e. The maximum absolute atomic E-state index is 13.4. The number of nitrogens with zero attached hydrogens (tertiary/aromatic N) is 2. The molecular formula is C26H26N2O2. The molecule has 1 aliphatic heterocycles. The van der Waals surface area contributed by atoms with Gasteiger partial charge in [0.05, 0.1) is 6.04 Å². The van der Waals surface area contributed by atoms with Crippen LogP contribution in [-0.2, 0) is 4.79 Å². The van der Waals surface area contributed by atoms with Crippen LogP contribution >= 0.6 is 0 Å². The van der Waals surface area contributed by atoms with Crippen molar-refractivity contribution < 1.29 is 9.59 Å². The van der Waals surface area contributed by atoms with Crippen molar-refractivity contribution in [1.29, 1.82) is 0 Å². The molecule has 0 spiro atoms. The van der Waals surface area contributed by atoms with Gasteiger partial charge in [0, 0.05) is 29.4 Å². The summed E-state index contributed by atoms with van der Waals surface area (Å²) in [5.74, 6) is 0.0677. The summed E-state index contributed by atoms with van der Waals surface area (Å²) in [7, 11) is 0. The van der Waals surface area contributed by atoms with Crippen molar-refractivity contribution in [3.63, 3.8) is 0 Å². The largest absolute Gasteiger partial charge is 0.305 e. The molecule has 0 fully saturated rings. The van der Waals surface area contributed by atoms with Gasteiger partial charge in [0.15, 0.2) is 0 Å². The SMILES string of the molecule is CCC(=O)N(c1ccccc1)[C@H]1C[C@@H](C)N(C(=O)c2ccccc2)c2ccccc21. The van der Waals surface area contributed by atoms with Gasteiger partial charge in [-0.05, 0) is 49.2 Å². The molecule has 0 unspecified atom stereocenters. The summed E-state index contributed by atoms with van der Waals surface area (Å²) in [6, 6.07) is 27.0. The van der Waals surface area contributed by atoms with Gasteiger partial charge in [0.2, 0.25) is 5.91 Å². The van der Waals surface area contributed by atoms with Gasteiger partial charge >= 0.3 is 0 Å². The molecule has 3 aromatic rings. The van der Waals surface area contributed by atoms with Crippen molar-refractivity contribution in [2.24, 2.45) is 0 Å². The molecule has 0 aliphatic carbocycles. The number of para-hydroxylation sites is 2. The van der Waals surface area contributed by atoms with Crippen molar-refractivity contribution in [3.8, 4) is 0 Å². The molecular weight excluding hydrogens is 372 g/mol. The second-order valence-electron chi connectivity index (χ2n) is 7.65. The molecule has 0 radical (unpaired) electrons. The monoisotopic (exact) mass is 398 g/mol. The molecule has 152 valence electrons. The lowest BCUT2D eigenvalue weighted by molar-refractivity contribution is -0.118. The Bertz CT molecular complexity index is 1030. The molecule has 0 saturated carbocycles. The number of carbonyl (C=O) groups excluding carboxylic acids is 2. The van der Waals surface area contributed by atoms with E-state index in [1.807, 2.05) is 102 Å². The standard InChI is InChI=1S/C26H26N2O2/c1-3-25(29)28(21-14-8-5-9-15-21)24-18-19(2)27(23-17-11-10-16-22(23)24)26(30)20-12-6-4-7-13-20/h4-17,19,24H,3,18H2,1-2H3/t19-,24+/m1/s1. The summed E-state index contributed by atoms with van der Waals surface area (Å²) in [5, 5.41) is 0. The topological polar surface area (TPSA) is 40.6 Å². The molecule has 0 bridgehead atoms. The summed E-state index contributed by atoms with van der Waals surface area (Å²) in [4.78, 5) is 30.1. The Kier molecular flexibility index (Phi) is 5.66. The van der Waals surface area contributed by atoms with E-state index in [0.717, 1.165) is 16.9 Å². The fraction of sp³-hybridized carbons (Fsp3) is 0.231. The first-order valence-corrected chi connectivity index (χ1v) is 10.5. The third-order valence-corrected chi connectivity index (χ3v) is 5.72. The number of fused-ring (bicyclic) bond motifs is 1. The van der Waals surface area contributed by atoms with E-state index in [0.29, 0.717) is 18.4 Å². The minimum absolute atomic E-state index is 0.0120. The molecule has 0 aromatic heterocycles. The molecule has 2 atom stereocenters. The van der Waals surface area contributed by atoms with Crippen LogP contribution in [0.25, 0.3) is 0 Å². The molecule has 1 heterocycles. The lowest BCUT2D eigenvalue weighted by atomic mass is 9.89. The second kappa shape index (κ2) is 8.54. The van der Waals surface area contributed by atoms with E-state index < -0.39 is 0 Å². The van der Waals surface area contributed by atoms with Crippen LogP contribution in [0.15, 0.2) is 84.9 Å². The maximum atomic E-state index is 13.4. The summed E-state index contributed by atoms with van der Waals surface area (Å²) in [6.45, 7) is 3.95. The molecule has 0 N–H and O–H groups in total. The van der Waals surface area contributed by atoms with Crippen LogP contribution in [0.3, 0.4) is 0 Å². The van der Waals surface area contributed by atoms with Crippen LogP contribution < -0.4 is 9.80 Å². The molecule has 4 rings (SSSR count). The minimum Gasteiger partial charge on any atom is -0.305 e. The highest BCUT2D eigenvalue weighted by Crippen LogP contribution is 2.42. The zero-order chi connectivity index (χ0) is 21.1. The fourth-order valence-electron chi connectivity index (χ4n) is 4.31. The third kappa shape index (κ3) is 3.61. The average Bonchev–Trinajstić information content (AvgIpc) is 2.80. The first kappa shape index (κ1) is 19.9. The van der Waals surface area contributed by atoms with Gasteiger partial charge in [-0.3, -0.25) is 9.59 Å². The van der Waals surface area contributed by atoms with Crippen LogP contribution in [0.5, 0.6) is 0 Å². The summed E-state index contributed by atoms with van der Waals surface area (Å²) in [5.41, 5.74) is 3.44. The van der Waals surface area contributed by atoms with Crippen molar-refractivity contribution in [2.45, 2.75) is 38.8 Å². The summed E-state index contributed by atoms with van der Waals surface area (Å²) >= 11 is 0. The van der Waals surface area contributed by atoms with Gasteiger partial charge in [-0.1, -0.05) is 61.5 Å². The minimum atomic E-state index is -0.120. The first-order valence-electron chi connectivity index (χ1n) is 10.5. The molecule has 30 heavy (non-hydrogen) atoms. The van der Waals surface area contributed by atoms with Crippen LogP contribution in [0.4, 0.5) is 11.4 Å². The number of hydrogen-bond donors (Lipinski definition) is 0. The fourth-order valence-corrected chi connectivity index (χ4v) is 4.31. The molecule has 4 heteroatoms. The van der Waals surface area contributed by atoms with Gasteiger partial charge in [0.25, 0.3) is 5.91 Å². The Balaban J connectivity index is 1.79. The van der Waals surface area contributed by atoms with E-state index in [4.69, 9.17) is 0 Å². The molecule has 3 aromatic carbocycles. The Morgan fingerprint density at radius 1 is 0.900 bits per heavy atom. The summed E-state index contributed by atoms with van der Waals surface area (Å²) in [6.07, 6.45) is 1.10. The number of benzene rings is 3. The van der Waals surface area contributed by atoms with Crippen LogP contribution in [0, 0.1) is 0 Å². The molecule has 1 aliphatic rings. The van der Waals surface area contributed by atoms with E-state index >= 15 is 0 Å². The molecule has 2 amide bonds. The first-order chi connectivity index (χ1) is 14.6. The summed E-state index contributed by atoms with van der Waals surface area (Å²) < 4.78 is 0. The molecule has 0 saturated heterocycles. The zero-order valence-corrected chi connectivity index (χ0v) is 17.4. The van der Waals surface area contributed by atoms with Crippen molar-refractivity contribution in [1.82, 2.24) is 0 Å². The van der Waals surface area contributed by atoms with E-state index in [2.05, 4.69) is 6.92 Å². The van der Waals surface area contributed by atoms with Crippen molar-refractivity contribution in [2.75, 3.05) is 9.80 Å². The number of hydrogen-bond acceptors (Lipinski definition) is 2. The van der Waals surface area contributed by atoms with Crippen molar-refractivity contribution in [3.05, 3.63) is 96.1 Å². The number of anilines is 2. The Morgan fingerprint density at radius 3 is 2.17 bits per heavy atom. The second-order valence-corrected chi connectivity index (χ2v) is 7.65. The van der Waals surface area contributed by atoms with Crippen LogP contribution in [0.2, 0.25) is 0 Å². The van der Waals surface area contributed by atoms with E-state index in [1.165, 1.54) is 0 Å². The quantitative estimate of drug-likeness (QED) is 0.573. The normalized spacial score (nSPS) is 17.9.